The van der Waals surface area contributed by atoms with Crippen molar-refractivity contribution in [1.82, 2.24) is 9.55 Å². The van der Waals surface area contributed by atoms with Crippen molar-refractivity contribution in [3.63, 3.8) is 0 Å². The van der Waals surface area contributed by atoms with Crippen LogP contribution in [0.15, 0.2) is 35.1 Å². The van der Waals surface area contributed by atoms with Crippen LogP contribution >= 0.6 is 27.5 Å². The number of benzene rings is 1. The van der Waals surface area contributed by atoms with Crippen molar-refractivity contribution in [1.29, 1.82) is 0 Å². The predicted molar refractivity (Wildman–Crippen MR) is 75.7 cm³/mol. The number of hydrogen-bond donors (Lipinski definition) is 1. The molecule has 0 aliphatic carbocycles. The van der Waals surface area contributed by atoms with E-state index >= 15 is 0 Å². The second-order valence-corrected chi connectivity index (χ2v) is 5.44. The summed E-state index contributed by atoms with van der Waals surface area (Å²) in [4.78, 5) is 4.23. The first-order chi connectivity index (χ1) is 8.61. The van der Waals surface area contributed by atoms with Gasteiger partial charge < -0.3 is 9.67 Å². The van der Waals surface area contributed by atoms with Crippen LogP contribution in [-0.4, -0.2) is 14.7 Å². The Labute approximate surface area is 120 Å². The molecule has 0 saturated heterocycles. The summed E-state index contributed by atoms with van der Waals surface area (Å²) in [5, 5.41) is 11.0. The zero-order valence-corrected chi connectivity index (χ0v) is 12.3. The lowest BCUT2D eigenvalue weighted by Gasteiger charge is -2.13. The van der Waals surface area contributed by atoms with Gasteiger partial charge in [0.05, 0.1) is 0 Å². The second kappa shape index (κ2) is 5.87. The van der Waals surface area contributed by atoms with Crippen LogP contribution < -0.4 is 0 Å². The summed E-state index contributed by atoms with van der Waals surface area (Å²) in [6, 6.07) is 5.39. The molecule has 1 aromatic heterocycles. The first kappa shape index (κ1) is 13.6. The molecule has 1 unspecified atom stereocenters. The van der Waals surface area contributed by atoms with Crippen LogP contribution in [0.5, 0.6) is 0 Å². The molecule has 0 aliphatic heterocycles. The molecular weight excluding hydrogens is 316 g/mol. The molecule has 0 amide bonds. The number of nitrogens with zero attached hydrogens (tertiary/aromatic N) is 2. The molecule has 0 bridgehead atoms. The predicted octanol–water partition coefficient (Wildman–Crippen LogP) is 3.79. The lowest BCUT2D eigenvalue weighted by atomic mass is 10.1. The maximum atomic E-state index is 10.4. The van der Waals surface area contributed by atoms with Crippen LogP contribution in [0.4, 0.5) is 0 Å². The van der Waals surface area contributed by atoms with E-state index in [-0.39, 0.29) is 0 Å². The summed E-state index contributed by atoms with van der Waals surface area (Å²) in [7, 11) is 0. The normalized spacial score (nSPS) is 12.7. The van der Waals surface area contributed by atoms with Crippen molar-refractivity contribution in [3.8, 4) is 0 Å². The van der Waals surface area contributed by atoms with E-state index in [1.165, 1.54) is 0 Å². The Morgan fingerprint density at radius 2 is 2.22 bits per heavy atom. The van der Waals surface area contributed by atoms with E-state index in [9.17, 15) is 5.11 Å². The van der Waals surface area contributed by atoms with E-state index in [4.69, 9.17) is 11.6 Å². The van der Waals surface area contributed by atoms with Crippen LogP contribution in [0.1, 0.15) is 30.8 Å². The minimum absolute atomic E-state index is 0.590. The first-order valence-electron chi connectivity index (χ1n) is 5.77. The largest absolute Gasteiger partial charge is 0.380 e. The van der Waals surface area contributed by atoms with Crippen molar-refractivity contribution in [3.05, 3.63) is 51.5 Å². The van der Waals surface area contributed by atoms with Crippen LogP contribution in [-0.2, 0) is 6.54 Å². The highest BCUT2D eigenvalue weighted by molar-refractivity contribution is 9.10. The van der Waals surface area contributed by atoms with Crippen molar-refractivity contribution in [2.45, 2.75) is 26.0 Å². The van der Waals surface area contributed by atoms with Gasteiger partial charge in [0.25, 0.3) is 0 Å². The molecule has 2 rings (SSSR count). The number of halogens is 2. The van der Waals surface area contributed by atoms with Crippen LogP contribution in [0.3, 0.4) is 0 Å². The van der Waals surface area contributed by atoms with Gasteiger partial charge in [-0.25, -0.2) is 4.98 Å². The van der Waals surface area contributed by atoms with Crippen molar-refractivity contribution < 1.29 is 5.11 Å². The Morgan fingerprint density at radius 1 is 1.44 bits per heavy atom. The third-order valence-electron chi connectivity index (χ3n) is 2.66. The van der Waals surface area contributed by atoms with Crippen LogP contribution in [0.2, 0.25) is 5.02 Å². The van der Waals surface area contributed by atoms with Gasteiger partial charge in [0.2, 0.25) is 0 Å². The fourth-order valence-corrected chi connectivity index (χ4v) is 2.77. The molecule has 5 heteroatoms. The lowest BCUT2D eigenvalue weighted by Crippen LogP contribution is -2.09. The molecule has 2 aromatic rings. The minimum atomic E-state index is -0.762. The van der Waals surface area contributed by atoms with Gasteiger partial charge in [0, 0.05) is 28.4 Å². The average molecular weight is 330 g/mol. The molecule has 0 saturated carbocycles. The maximum Gasteiger partial charge on any atom is 0.142 e. The van der Waals surface area contributed by atoms with E-state index in [0.717, 1.165) is 23.0 Å². The van der Waals surface area contributed by atoms with Crippen LogP contribution in [0, 0.1) is 0 Å². The molecule has 18 heavy (non-hydrogen) atoms. The molecule has 0 radical (unpaired) electrons. The molecule has 1 atom stereocenters. The van der Waals surface area contributed by atoms with Crippen molar-refractivity contribution in [2.24, 2.45) is 0 Å². The van der Waals surface area contributed by atoms with Gasteiger partial charge in [0.15, 0.2) is 0 Å². The summed E-state index contributed by atoms with van der Waals surface area (Å²) in [6.45, 7) is 2.93. The van der Waals surface area contributed by atoms with Gasteiger partial charge in [-0.1, -0.05) is 34.5 Å². The molecule has 1 heterocycles. The number of hydrogen-bond acceptors (Lipinski definition) is 2. The number of imidazole rings is 1. The number of aromatic nitrogens is 2. The quantitative estimate of drug-likeness (QED) is 0.926. The average Bonchev–Trinajstić information content (AvgIpc) is 2.75. The van der Waals surface area contributed by atoms with E-state index in [1.54, 1.807) is 18.3 Å². The molecule has 1 N–H and O–H groups in total. The minimum Gasteiger partial charge on any atom is -0.380 e. The Morgan fingerprint density at radius 3 is 2.89 bits per heavy atom. The Balaban J connectivity index is 2.34. The summed E-state index contributed by atoms with van der Waals surface area (Å²) >= 11 is 9.36. The zero-order chi connectivity index (χ0) is 13.1. The maximum absolute atomic E-state index is 10.4. The van der Waals surface area contributed by atoms with Crippen molar-refractivity contribution in [2.75, 3.05) is 0 Å². The van der Waals surface area contributed by atoms with Gasteiger partial charge in [-0.2, -0.15) is 0 Å². The third kappa shape index (κ3) is 2.94. The van der Waals surface area contributed by atoms with Crippen LogP contribution in [0.25, 0.3) is 0 Å². The Bertz CT molecular complexity index is 521. The van der Waals surface area contributed by atoms with Gasteiger partial charge in [-0.3, -0.25) is 0 Å². The number of aliphatic hydroxyl groups excluding tert-OH is 1. The summed E-state index contributed by atoms with van der Waals surface area (Å²) in [6.07, 6.45) is 3.81. The number of rotatable bonds is 4. The molecule has 0 spiro atoms. The molecule has 0 fully saturated rings. The van der Waals surface area contributed by atoms with E-state index in [2.05, 4.69) is 27.8 Å². The SMILES string of the molecule is CCCn1ccnc1C(O)c1cc(Cl)cc(Br)c1. The molecule has 96 valence electrons. The zero-order valence-electron chi connectivity index (χ0n) is 9.98. The number of aryl methyl sites for hydroxylation is 1. The number of aliphatic hydroxyl groups is 1. The molecule has 1 aromatic carbocycles. The smallest absolute Gasteiger partial charge is 0.142 e. The van der Waals surface area contributed by atoms with E-state index < -0.39 is 6.10 Å². The van der Waals surface area contributed by atoms with Crippen molar-refractivity contribution >= 4 is 27.5 Å². The Kier molecular flexibility index (Phi) is 4.43. The van der Waals surface area contributed by atoms with Gasteiger partial charge in [-0.05, 0) is 30.2 Å². The summed E-state index contributed by atoms with van der Waals surface area (Å²) in [5.41, 5.74) is 0.734. The lowest BCUT2D eigenvalue weighted by molar-refractivity contribution is 0.204. The topological polar surface area (TPSA) is 38.0 Å². The standard InChI is InChI=1S/C13H14BrClN2O/c1-2-4-17-5-3-16-13(17)12(18)9-6-10(14)8-11(15)7-9/h3,5-8,12,18H,2,4H2,1H3. The van der Waals surface area contributed by atoms with Gasteiger partial charge >= 0.3 is 0 Å². The molecule has 3 nitrogen and oxygen atoms in total. The fraction of sp³-hybridized carbons (Fsp3) is 0.308. The van der Waals surface area contributed by atoms with Gasteiger partial charge in [-0.15, -0.1) is 0 Å². The molecule has 0 aliphatic rings. The first-order valence-corrected chi connectivity index (χ1v) is 6.94. The Hall–Kier alpha value is -0.840. The highest BCUT2D eigenvalue weighted by atomic mass is 79.9. The van der Waals surface area contributed by atoms with E-state index in [0.29, 0.717) is 10.8 Å². The monoisotopic (exact) mass is 328 g/mol. The highest BCUT2D eigenvalue weighted by Gasteiger charge is 2.16. The summed E-state index contributed by atoms with van der Waals surface area (Å²) in [5.74, 6) is 0.644. The van der Waals surface area contributed by atoms with Gasteiger partial charge in [0.1, 0.15) is 11.9 Å². The highest BCUT2D eigenvalue weighted by Crippen LogP contribution is 2.27. The van der Waals surface area contributed by atoms with E-state index in [1.807, 2.05) is 16.8 Å². The molecular formula is C13H14BrClN2O. The summed E-state index contributed by atoms with van der Waals surface area (Å²) < 4.78 is 2.80. The second-order valence-electron chi connectivity index (χ2n) is 4.08. The fourth-order valence-electron chi connectivity index (χ4n) is 1.88. The third-order valence-corrected chi connectivity index (χ3v) is 3.33.